The van der Waals surface area contributed by atoms with Gasteiger partial charge in [-0.1, -0.05) is 6.92 Å². The Labute approximate surface area is 92.5 Å². The lowest BCUT2D eigenvalue weighted by Gasteiger charge is -2.20. The van der Waals surface area contributed by atoms with Gasteiger partial charge in [0.25, 0.3) is 0 Å². The van der Waals surface area contributed by atoms with Crippen LogP contribution in [-0.4, -0.2) is 32.1 Å². The Morgan fingerprint density at radius 2 is 2.20 bits per heavy atom. The summed E-state index contributed by atoms with van der Waals surface area (Å²) in [5, 5.41) is 3.44. The average molecular weight is 211 g/mol. The lowest BCUT2D eigenvalue weighted by Crippen LogP contribution is -2.32. The minimum Gasteiger partial charge on any atom is -0.350 e. The van der Waals surface area contributed by atoms with Crippen molar-refractivity contribution < 1.29 is 9.47 Å². The second-order valence-corrected chi connectivity index (χ2v) is 3.76. The highest BCUT2D eigenvalue weighted by Crippen LogP contribution is 2.14. The molecule has 0 aliphatic carbocycles. The molecule has 1 fully saturated rings. The van der Waals surface area contributed by atoms with E-state index in [2.05, 4.69) is 18.2 Å². The normalized spacial score (nSPS) is 18.9. The molecule has 86 valence electrons. The van der Waals surface area contributed by atoms with Crippen LogP contribution >= 0.6 is 0 Å². The van der Waals surface area contributed by atoms with E-state index in [0.29, 0.717) is 6.04 Å². The van der Waals surface area contributed by atoms with Gasteiger partial charge in [-0.2, -0.15) is 0 Å². The molecule has 0 saturated carbocycles. The Kier molecular flexibility index (Phi) is 6.42. The Bertz CT molecular complexity index is 194. The van der Waals surface area contributed by atoms with Crippen LogP contribution in [0.15, 0.2) is 0 Å². The highest BCUT2D eigenvalue weighted by molar-refractivity contribution is 4.84. The number of terminal acetylenes is 1. The van der Waals surface area contributed by atoms with E-state index in [4.69, 9.17) is 15.9 Å². The molecule has 0 radical (unpaired) electrons. The van der Waals surface area contributed by atoms with Crippen LogP contribution < -0.4 is 5.32 Å². The largest absolute Gasteiger partial charge is 0.350 e. The maximum atomic E-state index is 5.43. The van der Waals surface area contributed by atoms with Gasteiger partial charge in [0.05, 0.1) is 13.2 Å². The second kappa shape index (κ2) is 7.70. The predicted octanol–water partition coefficient (Wildman–Crippen LogP) is 1.53. The van der Waals surface area contributed by atoms with Crippen LogP contribution in [-0.2, 0) is 9.47 Å². The van der Waals surface area contributed by atoms with Gasteiger partial charge in [-0.05, 0) is 19.4 Å². The smallest absolute Gasteiger partial charge is 0.159 e. The fourth-order valence-corrected chi connectivity index (χ4v) is 1.82. The molecular formula is C12H21NO2. The molecule has 1 N–H and O–H groups in total. The van der Waals surface area contributed by atoms with Gasteiger partial charge in [-0.3, -0.25) is 0 Å². The van der Waals surface area contributed by atoms with Crippen LogP contribution in [0.4, 0.5) is 0 Å². The van der Waals surface area contributed by atoms with Crippen molar-refractivity contribution in [3.8, 4) is 12.3 Å². The Hall–Kier alpha value is -0.560. The van der Waals surface area contributed by atoms with Crippen molar-refractivity contribution in [1.82, 2.24) is 5.32 Å². The second-order valence-electron chi connectivity index (χ2n) is 3.76. The lowest BCUT2D eigenvalue weighted by molar-refractivity contribution is -0.0531. The lowest BCUT2D eigenvalue weighted by atomic mass is 10.1. The molecule has 1 atom stereocenters. The molecule has 1 aliphatic heterocycles. The van der Waals surface area contributed by atoms with Gasteiger partial charge in [0, 0.05) is 18.9 Å². The first-order chi connectivity index (χ1) is 7.36. The molecule has 0 spiro atoms. The maximum Gasteiger partial charge on any atom is 0.159 e. The van der Waals surface area contributed by atoms with Gasteiger partial charge >= 0.3 is 0 Å². The molecule has 1 aliphatic rings. The summed E-state index contributed by atoms with van der Waals surface area (Å²) in [7, 11) is 0. The summed E-state index contributed by atoms with van der Waals surface area (Å²) >= 11 is 0. The number of ether oxygens (including phenoxy) is 2. The molecule has 0 aromatic carbocycles. The molecule has 3 nitrogen and oxygen atoms in total. The summed E-state index contributed by atoms with van der Waals surface area (Å²) in [5.74, 6) is 2.67. The Morgan fingerprint density at radius 3 is 2.80 bits per heavy atom. The van der Waals surface area contributed by atoms with Crippen molar-refractivity contribution >= 4 is 0 Å². The third-order valence-corrected chi connectivity index (χ3v) is 2.53. The van der Waals surface area contributed by atoms with Gasteiger partial charge in [-0.15, -0.1) is 12.3 Å². The van der Waals surface area contributed by atoms with Gasteiger partial charge in [0.2, 0.25) is 0 Å². The van der Waals surface area contributed by atoms with Crippen molar-refractivity contribution in [2.24, 2.45) is 0 Å². The standard InChI is InChI=1S/C12H21NO2/c1-3-5-6-7-11(13-4-2)10-12-14-8-9-15-12/h1,11-13H,4-10H2,2H3. The summed E-state index contributed by atoms with van der Waals surface area (Å²) in [5.41, 5.74) is 0. The molecule has 0 amide bonds. The summed E-state index contributed by atoms with van der Waals surface area (Å²) < 4.78 is 10.9. The third kappa shape index (κ3) is 5.17. The van der Waals surface area contributed by atoms with E-state index in [1.807, 2.05) is 0 Å². The van der Waals surface area contributed by atoms with Crippen molar-refractivity contribution in [3.05, 3.63) is 0 Å². The SMILES string of the molecule is C#CCCCC(CC1OCCO1)NCC. The van der Waals surface area contributed by atoms with Gasteiger partial charge in [0.1, 0.15) is 0 Å². The molecule has 1 heterocycles. The zero-order chi connectivity index (χ0) is 10.9. The minimum atomic E-state index is -0.0140. The third-order valence-electron chi connectivity index (χ3n) is 2.53. The first-order valence-corrected chi connectivity index (χ1v) is 5.77. The Morgan fingerprint density at radius 1 is 1.47 bits per heavy atom. The molecule has 15 heavy (non-hydrogen) atoms. The van der Waals surface area contributed by atoms with E-state index < -0.39 is 0 Å². The van der Waals surface area contributed by atoms with Crippen LogP contribution in [0.5, 0.6) is 0 Å². The van der Waals surface area contributed by atoms with E-state index in [1.54, 1.807) is 0 Å². The maximum absolute atomic E-state index is 5.43. The summed E-state index contributed by atoms with van der Waals surface area (Å²) in [4.78, 5) is 0. The molecular weight excluding hydrogens is 190 g/mol. The van der Waals surface area contributed by atoms with E-state index in [1.165, 1.54) is 0 Å². The van der Waals surface area contributed by atoms with E-state index in [-0.39, 0.29) is 6.29 Å². The first kappa shape index (κ1) is 12.5. The van der Waals surface area contributed by atoms with Crippen molar-refractivity contribution in [3.63, 3.8) is 0 Å². The summed E-state index contributed by atoms with van der Waals surface area (Å²) in [6, 6.07) is 0.464. The van der Waals surface area contributed by atoms with Gasteiger partial charge in [0.15, 0.2) is 6.29 Å². The predicted molar refractivity (Wildman–Crippen MR) is 60.5 cm³/mol. The zero-order valence-electron chi connectivity index (χ0n) is 9.50. The highest BCUT2D eigenvalue weighted by Gasteiger charge is 2.20. The quantitative estimate of drug-likeness (QED) is 0.512. The minimum absolute atomic E-state index is 0.0140. The summed E-state index contributed by atoms with van der Waals surface area (Å²) in [6.07, 6.45) is 9.17. The zero-order valence-corrected chi connectivity index (χ0v) is 9.50. The van der Waals surface area contributed by atoms with Crippen molar-refractivity contribution in [2.75, 3.05) is 19.8 Å². The monoisotopic (exact) mass is 211 g/mol. The fourth-order valence-electron chi connectivity index (χ4n) is 1.82. The fraction of sp³-hybridized carbons (Fsp3) is 0.833. The highest BCUT2D eigenvalue weighted by atomic mass is 16.7. The van der Waals surface area contributed by atoms with E-state index in [0.717, 1.165) is 45.4 Å². The van der Waals surface area contributed by atoms with Crippen LogP contribution in [0.1, 0.15) is 32.6 Å². The van der Waals surface area contributed by atoms with Crippen molar-refractivity contribution in [1.29, 1.82) is 0 Å². The van der Waals surface area contributed by atoms with Crippen LogP contribution in [0.3, 0.4) is 0 Å². The van der Waals surface area contributed by atoms with Gasteiger partial charge < -0.3 is 14.8 Å². The number of hydrogen-bond acceptors (Lipinski definition) is 3. The number of nitrogens with one attached hydrogen (secondary N) is 1. The molecule has 3 heteroatoms. The molecule has 1 saturated heterocycles. The number of rotatable bonds is 7. The molecule has 1 rings (SSSR count). The molecule has 0 bridgehead atoms. The van der Waals surface area contributed by atoms with Crippen LogP contribution in [0.2, 0.25) is 0 Å². The van der Waals surface area contributed by atoms with E-state index >= 15 is 0 Å². The molecule has 1 unspecified atom stereocenters. The van der Waals surface area contributed by atoms with Gasteiger partial charge in [-0.25, -0.2) is 0 Å². The average Bonchev–Trinajstić information content (AvgIpc) is 2.71. The van der Waals surface area contributed by atoms with Crippen molar-refractivity contribution in [2.45, 2.75) is 44.9 Å². The van der Waals surface area contributed by atoms with E-state index in [9.17, 15) is 0 Å². The van der Waals surface area contributed by atoms with Crippen LogP contribution in [0, 0.1) is 12.3 Å². The molecule has 0 aromatic heterocycles. The Balaban J connectivity index is 2.19. The molecule has 0 aromatic rings. The number of unbranched alkanes of at least 4 members (excludes halogenated alkanes) is 1. The topological polar surface area (TPSA) is 30.5 Å². The number of hydrogen-bond donors (Lipinski definition) is 1. The first-order valence-electron chi connectivity index (χ1n) is 5.77. The van der Waals surface area contributed by atoms with Crippen LogP contribution in [0.25, 0.3) is 0 Å². The summed E-state index contributed by atoms with van der Waals surface area (Å²) in [6.45, 7) is 4.56.